The van der Waals surface area contributed by atoms with E-state index in [2.05, 4.69) is 15.3 Å². The van der Waals surface area contributed by atoms with Crippen LogP contribution in [0.3, 0.4) is 0 Å². The summed E-state index contributed by atoms with van der Waals surface area (Å²) in [6, 6.07) is 8.62. The molecule has 32 heavy (non-hydrogen) atoms. The van der Waals surface area contributed by atoms with Gasteiger partial charge in [-0.25, -0.2) is 0 Å². The number of imidazole rings is 1. The van der Waals surface area contributed by atoms with E-state index in [1.54, 1.807) is 47.3 Å². The minimum atomic E-state index is -0.780. The molecule has 11 nitrogen and oxygen atoms in total. The standard InChI is InChI=1S/C20H22AsN5O6/c1-20(2)31-13-12(10-29-21)30-16(14(13)32-20)25-8-9-26-18(25)23-17(24-19(26)28)22-15(27)11-6-4-3-5-7-11/h3-9,12-14,16H,10,21H2,1-2H3,(H,22,24,27,28). The Morgan fingerprint density at radius 1 is 1.19 bits per heavy atom. The summed E-state index contributed by atoms with van der Waals surface area (Å²) in [6.45, 7) is 4.03. The van der Waals surface area contributed by atoms with Crippen molar-refractivity contribution < 1.29 is 22.7 Å². The maximum absolute atomic E-state index is 12.6. The number of rotatable bonds is 5. The van der Waals surface area contributed by atoms with Crippen LogP contribution >= 0.6 is 0 Å². The third-order valence-corrected chi connectivity index (χ3v) is 5.76. The molecule has 12 heteroatoms. The van der Waals surface area contributed by atoms with Crippen molar-refractivity contribution in [3.8, 4) is 0 Å². The number of hydrogen-bond donors (Lipinski definition) is 1. The number of benzene rings is 1. The maximum atomic E-state index is 12.6. The normalized spacial score (nSPS) is 26.3. The number of nitrogens with one attached hydrogen (secondary N) is 1. The zero-order chi connectivity index (χ0) is 22.5. The Morgan fingerprint density at radius 3 is 2.69 bits per heavy atom. The molecule has 1 aromatic carbocycles. The molecule has 2 aliphatic heterocycles. The predicted octanol–water partition coefficient (Wildman–Crippen LogP) is 0.125. The quantitative estimate of drug-likeness (QED) is 0.489. The monoisotopic (exact) mass is 503 g/mol. The van der Waals surface area contributed by atoms with Gasteiger partial charge in [0.2, 0.25) is 0 Å². The number of anilines is 1. The Labute approximate surface area is 191 Å². The molecule has 0 bridgehead atoms. The first-order chi connectivity index (χ1) is 15.4. The molecule has 4 heterocycles. The molecule has 5 rings (SSSR count). The van der Waals surface area contributed by atoms with Crippen molar-refractivity contribution in [2.45, 2.75) is 44.2 Å². The van der Waals surface area contributed by atoms with Crippen molar-refractivity contribution in [2.24, 2.45) is 0 Å². The number of carbonyl (C=O) groups excluding carboxylic acids is 1. The van der Waals surface area contributed by atoms with Crippen molar-refractivity contribution in [3.63, 3.8) is 0 Å². The summed E-state index contributed by atoms with van der Waals surface area (Å²) in [5.41, 5.74) is -0.150. The number of amides is 1. The van der Waals surface area contributed by atoms with Crippen LogP contribution in [0.5, 0.6) is 0 Å². The SMILES string of the molecule is CC1(C)OC2C(CO[AsH2])OC(n3ccn4c(=O)nc(NC(=O)c5ccccc5)nc34)C2O1. The van der Waals surface area contributed by atoms with Crippen LogP contribution in [-0.4, -0.2) is 72.7 Å². The fraction of sp³-hybridized carbons (Fsp3) is 0.400. The number of fused-ring (bicyclic) bond motifs is 2. The van der Waals surface area contributed by atoms with Crippen molar-refractivity contribution in [3.05, 3.63) is 58.8 Å². The molecule has 0 radical (unpaired) electrons. The molecule has 3 aromatic rings. The molecule has 1 amide bonds. The summed E-state index contributed by atoms with van der Waals surface area (Å²) in [7, 11) is 0. The average molecular weight is 503 g/mol. The van der Waals surface area contributed by atoms with Gasteiger partial charge in [-0.05, 0) is 12.1 Å². The third-order valence-electron chi connectivity index (χ3n) is 5.36. The second-order valence-electron chi connectivity index (χ2n) is 7.99. The van der Waals surface area contributed by atoms with Crippen LogP contribution in [0.2, 0.25) is 0 Å². The van der Waals surface area contributed by atoms with Crippen LogP contribution in [0.4, 0.5) is 5.95 Å². The molecule has 5 atom stereocenters. The van der Waals surface area contributed by atoms with Crippen molar-refractivity contribution in [1.29, 1.82) is 0 Å². The molecule has 168 valence electrons. The number of nitrogens with zero attached hydrogens (tertiary/aromatic N) is 4. The van der Waals surface area contributed by atoms with Crippen molar-refractivity contribution in [1.82, 2.24) is 18.9 Å². The van der Waals surface area contributed by atoms with Gasteiger partial charge in [0.05, 0.1) is 0 Å². The van der Waals surface area contributed by atoms with Gasteiger partial charge < -0.3 is 0 Å². The van der Waals surface area contributed by atoms with E-state index in [1.165, 1.54) is 4.40 Å². The number of ether oxygens (including phenoxy) is 3. The van der Waals surface area contributed by atoms with Gasteiger partial charge in [-0.2, -0.15) is 0 Å². The van der Waals surface area contributed by atoms with Gasteiger partial charge in [-0.1, -0.05) is 18.2 Å². The molecule has 0 spiro atoms. The minimum absolute atomic E-state index is 0.0987. The van der Waals surface area contributed by atoms with E-state index in [-0.39, 0.29) is 23.9 Å². The molecular weight excluding hydrogens is 481 g/mol. The Kier molecular flexibility index (Phi) is 5.38. The van der Waals surface area contributed by atoms with Crippen LogP contribution in [0.15, 0.2) is 47.5 Å². The molecular formula is C20H22AsN5O6. The van der Waals surface area contributed by atoms with Crippen LogP contribution in [-0.2, 0) is 17.9 Å². The number of carbonyl (C=O) groups is 1. The predicted molar refractivity (Wildman–Crippen MR) is 114 cm³/mol. The summed E-state index contributed by atoms with van der Waals surface area (Å²) in [5.74, 6) is -1.04. The zero-order valence-electron chi connectivity index (χ0n) is 17.4. The molecule has 2 saturated heterocycles. The average Bonchev–Trinajstić information content (AvgIpc) is 3.41. The van der Waals surface area contributed by atoms with Crippen LogP contribution in [0, 0.1) is 0 Å². The zero-order valence-corrected chi connectivity index (χ0v) is 19.8. The third kappa shape index (κ3) is 3.76. The Bertz CT molecular complexity index is 1210. The van der Waals surface area contributed by atoms with E-state index in [9.17, 15) is 9.59 Å². The van der Waals surface area contributed by atoms with E-state index in [4.69, 9.17) is 17.9 Å². The Hall–Kier alpha value is -2.56. The summed E-state index contributed by atoms with van der Waals surface area (Å²) in [4.78, 5) is 33.4. The Morgan fingerprint density at radius 2 is 1.94 bits per heavy atom. The van der Waals surface area contributed by atoms with E-state index in [1.807, 2.05) is 13.8 Å². The van der Waals surface area contributed by atoms with Crippen LogP contribution in [0.25, 0.3) is 5.78 Å². The van der Waals surface area contributed by atoms with Gasteiger partial charge in [0.15, 0.2) is 0 Å². The first-order valence-corrected chi connectivity index (χ1v) is 11.0. The molecule has 0 saturated carbocycles. The molecule has 2 aliphatic rings. The van der Waals surface area contributed by atoms with Crippen LogP contribution < -0.4 is 11.0 Å². The van der Waals surface area contributed by atoms with Crippen molar-refractivity contribution >= 4 is 34.8 Å². The summed E-state index contributed by atoms with van der Waals surface area (Å²) in [6.07, 6.45) is 1.51. The van der Waals surface area contributed by atoms with Crippen molar-refractivity contribution in [2.75, 3.05) is 11.9 Å². The first-order valence-electron chi connectivity index (χ1n) is 10.0. The van der Waals surface area contributed by atoms with Gasteiger partial charge >= 0.3 is 161 Å². The van der Waals surface area contributed by atoms with E-state index in [0.717, 1.165) is 17.2 Å². The molecule has 5 unspecified atom stereocenters. The fourth-order valence-electron chi connectivity index (χ4n) is 4.05. The topological polar surface area (TPSA) is 118 Å². The second kappa shape index (κ2) is 8.09. The van der Waals surface area contributed by atoms with E-state index < -0.39 is 29.7 Å². The van der Waals surface area contributed by atoms with Gasteiger partial charge in [0.25, 0.3) is 0 Å². The molecule has 1 N–H and O–H groups in total. The van der Waals surface area contributed by atoms with Gasteiger partial charge in [0, 0.05) is 0 Å². The summed E-state index contributed by atoms with van der Waals surface area (Å²) >= 11 is 1.13. The second-order valence-corrected chi connectivity index (χ2v) is 8.69. The molecule has 2 aromatic heterocycles. The van der Waals surface area contributed by atoms with Gasteiger partial charge in [-0.3, -0.25) is 0 Å². The van der Waals surface area contributed by atoms with E-state index >= 15 is 0 Å². The summed E-state index contributed by atoms with van der Waals surface area (Å²) < 4.78 is 26.6. The van der Waals surface area contributed by atoms with Gasteiger partial charge in [0.1, 0.15) is 0 Å². The number of aromatic nitrogens is 4. The van der Waals surface area contributed by atoms with E-state index in [0.29, 0.717) is 12.2 Å². The number of hydrogen-bond acceptors (Lipinski definition) is 8. The van der Waals surface area contributed by atoms with Crippen LogP contribution in [0.1, 0.15) is 30.4 Å². The van der Waals surface area contributed by atoms with Gasteiger partial charge in [-0.15, -0.1) is 0 Å². The first kappa shape index (κ1) is 21.3. The molecule has 0 aliphatic carbocycles. The summed E-state index contributed by atoms with van der Waals surface area (Å²) in [5, 5.41) is 2.58. The fourth-order valence-corrected chi connectivity index (χ4v) is 4.45. The molecule has 2 fully saturated rings. The Balaban J connectivity index is 1.50.